The van der Waals surface area contributed by atoms with Crippen molar-refractivity contribution in [2.24, 2.45) is 10.9 Å². The fraction of sp³-hybridized carbons (Fsp3) is 0.722. The summed E-state index contributed by atoms with van der Waals surface area (Å²) in [5, 5.41) is 9.21. The minimum absolute atomic E-state index is 0. The van der Waals surface area contributed by atoms with Crippen molar-refractivity contribution in [3.63, 3.8) is 0 Å². The molecular weight excluding hydrogens is 447 g/mol. The summed E-state index contributed by atoms with van der Waals surface area (Å²) in [7, 11) is 3.62. The number of halogens is 1. The predicted octanol–water partition coefficient (Wildman–Crippen LogP) is 2.82. The topological polar surface area (TPSA) is 48.9 Å². The number of methoxy groups -OCH3 is 1. The number of guanidine groups is 1. The van der Waals surface area contributed by atoms with E-state index < -0.39 is 0 Å². The lowest BCUT2D eigenvalue weighted by Gasteiger charge is -2.33. The van der Waals surface area contributed by atoms with Crippen molar-refractivity contribution in [2.75, 3.05) is 46.9 Å². The number of piperidine rings is 1. The molecule has 1 unspecified atom stereocenters. The van der Waals surface area contributed by atoms with Crippen LogP contribution in [0.1, 0.15) is 24.6 Å². The average molecular weight is 480 g/mol. The monoisotopic (exact) mass is 480 g/mol. The minimum atomic E-state index is 0. The quantitative estimate of drug-likeness (QED) is 0.342. The maximum atomic E-state index is 5.16. The summed E-state index contributed by atoms with van der Waals surface area (Å²) in [6.45, 7) is 7.36. The molecule has 25 heavy (non-hydrogen) atoms. The molecule has 2 heterocycles. The smallest absolute Gasteiger partial charge is 0.191 e. The van der Waals surface area contributed by atoms with Crippen molar-refractivity contribution in [1.29, 1.82) is 0 Å². The Bertz CT molecular complexity index is 475. The fourth-order valence-electron chi connectivity index (χ4n) is 3.02. The van der Waals surface area contributed by atoms with Crippen LogP contribution in [-0.2, 0) is 11.2 Å². The molecule has 0 radical (unpaired) electrons. The van der Waals surface area contributed by atoms with E-state index in [2.05, 4.69) is 45.0 Å². The summed E-state index contributed by atoms with van der Waals surface area (Å²) in [4.78, 5) is 8.31. The molecule has 0 amide bonds. The average Bonchev–Trinajstić information content (AvgIpc) is 3.10. The van der Waals surface area contributed by atoms with E-state index in [0.717, 1.165) is 58.0 Å². The molecule has 0 spiro atoms. The third-order valence-corrected chi connectivity index (χ3v) is 5.41. The maximum absolute atomic E-state index is 5.16. The molecule has 2 N–H and O–H groups in total. The molecule has 0 aromatic carbocycles. The second-order valence-corrected chi connectivity index (χ2v) is 7.63. The van der Waals surface area contributed by atoms with Gasteiger partial charge in [0.05, 0.1) is 6.61 Å². The standard InChI is InChI=1S/C18H32N4OS.HI/c1-15(13-17-5-4-12-24-17)14-20-18(19-2)21-16-6-8-22(9-7-16)10-11-23-3;/h4-5,12,15-16H,6-11,13-14H2,1-3H3,(H2,19,20,21);1H. The molecule has 2 rings (SSSR count). The molecule has 144 valence electrons. The van der Waals surface area contributed by atoms with Crippen molar-refractivity contribution in [3.8, 4) is 0 Å². The number of thiophene rings is 1. The van der Waals surface area contributed by atoms with Crippen molar-refractivity contribution >= 4 is 41.3 Å². The lowest BCUT2D eigenvalue weighted by Crippen LogP contribution is -2.49. The van der Waals surface area contributed by atoms with E-state index in [1.54, 1.807) is 7.11 Å². The van der Waals surface area contributed by atoms with Crippen molar-refractivity contribution in [1.82, 2.24) is 15.5 Å². The van der Waals surface area contributed by atoms with Crippen LogP contribution in [0.2, 0.25) is 0 Å². The first-order valence-electron chi connectivity index (χ1n) is 8.92. The summed E-state index contributed by atoms with van der Waals surface area (Å²) >= 11 is 1.84. The Morgan fingerprint density at radius 2 is 2.20 bits per heavy atom. The van der Waals surface area contributed by atoms with Crippen molar-refractivity contribution < 1.29 is 4.74 Å². The molecule has 0 bridgehead atoms. The normalized spacial score (nSPS) is 17.8. The van der Waals surface area contributed by atoms with Crippen LogP contribution in [0.5, 0.6) is 0 Å². The highest BCUT2D eigenvalue weighted by Gasteiger charge is 2.19. The highest BCUT2D eigenvalue weighted by atomic mass is 127. The Morgan fingerprint density at radius 1 is 1.44 bits per heavy atom. The zero-order valence-electron chi connectivity index (χ0n) is 15.7. The summed E-state index contributed by atoms with van der Waals surface area (Å²) in [6.07, 6.45) is 3.45. The fourth-order valence-corrected chi connectivity index (χ4v) is 3.89. The Kier molecular flexibility index (Phi) is 11.7. The molecule has 1 fully saturated rings. The second kappa shape index (κ2) is 12.9. The Balaban J connectivity index is 0.00000312. The van der Waals surface area contributed by atoms with E-state index in [9.17, 15) is 0 Å². The predicted molar refractivity (Wildman–Crippen MR) is 118 cm³/mol. The molecule has 1 aliphatic rings. The van der Waals surface area contributed by atoms with Gasteiger partial charge in [-0.25, -0.2) is 0 Å². The Hall–Kier alpha value is -0.380. The lowest BCUT2D eigenvalue weighted by atomic mass is 10.1. The Labute approximate surface area is 173 Å². The summed E-state index contributed by atoms with van der Waals surface area (Å²) in [5.74, 6) is 1.53. The van der Waals surface area contributed by atoms with Crippen LogP contribution in [0.3, 0.4) is 0 Å². The van der Waals surface area contributed by atoms with Gasteiger partial charge in [0.2, 0.25) is 0 Å². The first kappa shape index (κ1) is 22.7. The largest absolute Gasteiger partial charge is 0.383 e. The first-order valence-corrected chi connectivity index (χ1v) is 9.80. The van der Waals surface area contributed by atoms with Crippen LogP contribution < -0.4 is 10.6 Å². The van der Waals surface area contributed by atoms with Crippen LogP contribution in [0.15, 0.2) is 22.5 Å². The van der Waals surface area contributed by atoms with Gasteiger partial charge in [-0.3, -0.25) is 4.99 Å². The highest BCUT2D eigenvalue weighted by molar-refractivity contribution is 14.0. The summed E-state index contributed by atoms with van der Waals surface area (Å²) in [5.41, 5.74) is 0. The molecule has 1 aliphatic heterocycles. The molecule has 1 saturated heterocycles. The third-order valence-electron chi connectivity index (χ3n) is 4.51. The van der Waals surface area contributed by atoms with Crippen LogP contribution in [-0.4, -0.2) is 63.8 Å². The van der Waals surface area contributed by atoms with Crippen LogP contribution >= 0.6 is 35.3 Å². The number of likely N-dealkylation sites (tertiary alicyclic amines) is 1. The van der Waals surface area contributed by atoms with Gasteiger partial charge in [0.15, 0.2) is 5.96 Å². The van der Waals surface area contributed by atoms with Crippen LogP contribution in [0, 0.1) is 5.92 Å². The van der Waals surface area contributed by atoms with E-state index in [4.69, 9.17) is 4.74 Å². The number of rotatable bonds is 8. The maximum Gasteiger partial charge on any atom is 0.191 e. The van der Waals surface area contributed by atoms with Gasteiger partial charge in [0, 0.05) is 51.3 Å². The van der Waals surface area contributed by atoms with E-state index >= 15 is 0 Å². The van der Waals surface area contributed by atoms with Gasteiger partial charge < -0.3 is 20.3 Å². The molecule has 1 aromatic rings. The molecule has 1 aromatic heterocycles. The van der Waals surface area contributed by atoms with Gasteiger partial charge >= 0.3 is 0 Å². The summed E-state index contributed by atoms with van der Waals surface area (Å²) < 4.78 is 5.16. The number of hydrogen-bond acceptors (Lipinski definition) is 4. The number of hydrogen-bond donors (Lipinski definition) is 2. The van der Waals surface area contributed by atoms with Gasteiger partial charge in [0.1, 0.15) is 0 Å². The number of nitrogens with zero attached hydrogens (tertiary/aromatic N) is 2. The lowest BCUT2D eigenvalue weighted by molar-refractivity contribution is 0.128. The van der Waals surface area contributed by atoms with Crippen LogP contribution in [0.25, 0.3) is 0 Å². The molecule has 0 saturated carbocycles. The van der Waals surface area contributed by atoms with Gasteiger partial charge in [-0.15, -0.1) is 35.3 Å². The SMILES string of the molecule is CN=C(NCC(C)Cc1cccs1)NC1CCN(CCOC)CC1.I. The highest BCUT2D eigenvalue weighted by Crippen LogP contribution is 2.14. The number of aliphatic imine (C=N–C) groups is 1. The summed E-state index contributed by atoms with van der Waals surface area (Å²) in [6, 6.07) is 4.85. The minimum Gasteiger partial charge on any atom is -0.383 e. The molecular formula is C18H33IN4OS. The first-order chi connectivity index (χ1) is 11.7. The van der Waals surface area contributed by atoms with Crippen molar-refractivity contribution in [3.05, 3.63) is 22.4 Å². The van der Waals surface area contributed by atoms with Gasteiger partial charge in [-0.05, 0) is 36.6 Å². The molecule has 1 atom stereocenters. The van der Waals surface area contributed by atoms with Gasteiger partial charge in [0.25, 0.3) is 0 Å². The third kappa shape index (κ3) is 8.70. The number of ether oxygens (including phenoxy) is 1. The van der Waals surface area contributed by atoms with E-state index in [0.29, 0.717) is 12.0 Å². The van der Waals surface area contributed by atoms with Crippen LogP contribution in [0.4, 0.5) is 0 Å². The van der Waals surface area contributed by atoms with E-state index in [1.165, 1.54) is 4.88 Å². The van der Waals surface area contributed by atoms with Gasteiger partial charge in [-0.2, -0.15) is 0 Å². The van der Waals surface area contributed by atoms with E-state index in [-0.39, 0.29) is 24.0 Å². The van der Waals surface area contributed by atoms with E-state index in [1.807, 2.05) is 18.4 Å². The molecule has 0 aliphatic carbocycles. The number of nitrogens with one attached hydrogen (secondary N) is 2. The van der Waals surface area contributed by atoms with Crippen molar-refractivity contribution in [2.45, 2.75) is 32.2 Å². The molecule has 5 nitrogen and oxygen atoms in total. The molecule has 7 heteroatoms. The zero-order chi connectivity index (χ0) is 17.2. The van der Waals surface area contributed by atoms with Gasteiger partial charge in [-0.1, -0.05) is 13.0 Å². The zero-order valence-corrected chi connectivity index (χ0v) is 18.8. The Morgan fingerprint density at radius 3 is 2.80 bits per heavy atom. The second-order valence-electron chi connectivity index (χ2n) is 6.59.